The van der Waals surface area contributed by atoms with Crippen LogP contribution in [0, 0.1) is 6.92 Å². The second-order valence-corrected chi connectivity index (χ2v) is 6.16. The lowest BCUT2D eigenvalue weighted by atomic mass is 10.2. The number of nitrogens with zero attached hydrogens (tertiary/aromatic N) is 1. The molecule has 0 aliphatic heterocycles. The summed E-state index contributed by atoms with van der Waals surface area (Å²) in [5, 5.41) is 0.873. The Morgan fingerprint density at radius 3 is 2.43 bits per heavy atom. The molecule has 2 aromatic carbocycles. The van der Waals surface area contributed by atoms with Crippen LogP contribution >= 0.6 is 11.3 Å². The Balaban J connectivity index is 1.96. The molecule has 0 saturated heterocycles. The molecule has 0 fully saturated rings. The number of thiazole rings is 1. The number of halogens is 3. The van der Waals surface area contributed by atoms with E-state index in [9.17, 15) is 13.2 Å². The maximum atomic E-state index is 12.6. The van der Waals surface area contributed by atoms with Gasteiger partial charge in [0.1, 0.15) is 11.5 Å². The Morgan fingerprint density at radius 2 is 1.83 bits per heavy atom. The van der Waals surface area contributed by atoms with E-state index >= 15 is 0 Å². The number of hydrogen-bond acceptors (Lipinski definition) is 4. The summed E-state index contributed by atoms with van der Waals surface area (Å²) in [5.74, 6) is 0.897. The first-order valence-corrected chi connectivity index (χ1v) is 7.64. The van der Waals surface area contributed by atoms with Crippen molar-refractivity contribution in [1.82, 2.24) is 4.98 Å². The molecule has 120 valence electrons. The minimum absolute atomic E-state index is 0.339. The lowest BCUT2D eigenvalue weighted by Crippen LogP contribution is -2.04. The van der Waals surface area contributed by atoms with Gasteiger partial charge in [0.05, 0.1) is 20.8 Å². The van der Waals surface area contributed by atoms with Crippen LogP contribution < -0.4 is 10.5 Å². The third-order valence-corrected chi connectivity index (χ3v) is 4.31. The van der Waals surface area contributed by atoms with Crippen LogP contribution in [0.3, 0.4) is 0 Å². The molecule has 0 saturated carbocycles. The molecule has 0 bridgehead atoms. The second kappa shape index (κ2) is 5.82. The first-order valence-electron chi connectivity index (χ1n) is 6.82. The fraction of sp³-hybridized carbons (Fsp3) is 0.188. The molecule has 0 atom stereocenters. The van der Waals surface area contributed by atoms with Crippen LogP contribution in [0.2, 0.25) is 0 Å². The van der Waals surface area contributed by atoms with E-state index in [2.05, 4.69) is 4.98 Å². The SMILES string of the molecule is Cc1nc2c(CN)ccc(Oc3ccc(C(F)(F)F)cc3)c2s1. The topological polar surface area (TPSA) is 48.1 Å². The number of alkyl halides is 3. The number of hydrogen-bond donors (Lipinski definition) is 1. The van der Waals surface area contributed by atoms with Crippen LogP contribution in [-0.4, -0.2) is 4.98 Å². The molecule has 1 aromatic heterocycles. The highest BCUT2D eigenvalue weighted by molar-refractivity contribution is 7.18. The number of nitrogens with two attached hydrogens (primary N) is 1. The number of aryl methyl sites for hydroxylation is 1. The molecular weight excluding hydrogens is 325 g/mol. The van der Waals surface area contributed by atoms with Crippen LogP contribution in [-0.2, 0) is 12.7 Å². The van der Waals surface area contributed by atoms with Gasteiger partial charge in [0.25, 0.3) is 0 Å². The summed E-state index contributed by atoms with van der Waals surface area (Å²) in [4.78, 5) is 4.44. The fourth-order valence-corrected chi connectivity index (χ4v) is 3.14. The van der Waals surface area contributed by atoms with E-state index in [0.29, 0.717) is 18.0 Å². The molecule has 3 nitrogen and oxygen atoms in total. The molecule has 3 rings (SSSR count). The van der Waals surface area contributed by atoms with Gasteiger partial charge in [0, 0.05) is 6.54 Å². The van der Waals surface area contributed by atoms with Crippen molar-refractivity contribution in [2.75, 3.05) is 0 Å². The molecule has 3 aromatic rings. The van der Waals surface area contributed by atoms with Crippen molar-refractivity contribution < 1.29 is 17.9 Å². The van der Waals surface area contributed by atoms with Gasteiger partial charge in [-0.25, -0.2) is 4.98 Å². The zero-order valence-corrected chi connectivity index (χ0v) is 13.0. The van der Waals surface area contributed by atoms with Gasteiger partial charge in [-0.1, -0.05) is 6.07 Å². The van der Waals surface area contributed by atoms with Crippen molar-refractivity contribution >= 4 is 21.6 Å². The molecule has 23 heavy (non-hydrogen) atoms. The van der Waals surface area contributed by atoms with Gasteiger partial charge in [-0.05, 0) is 42.8 Å². The van der Waals surface area contributed by atoms with Crippen molar-refractivity contribution in [1.29, 1.82) is 0 Å². The Kier molecular flexibility index (Phi) is 3.99. The third-order valence-electron chi connectivity index (χ3n) is 3.33. The smallest absolute Gasteiger partial charge is 0.416 e. The third kappa shape index (κ3) is 3.16. The Bertz CT molecular complexity index is 841. The van der Waals surface area contributed by atoms with Crippen LogP contribution in [0.4, 0.5) is 13.2 Å². The molecule has 0 aliphatic rings. The highest BCUT2D eigenvalue weighted by Gasteiger charge is 2.30. The average molecular weight is 338 g/mol. The monoisotopic (exact) mass is 338 g/mol. The molecule has 0 unspecified atom stereocenters. The normalized spacial score (nSPS) is 11.9. The van der Waals surface area contributed by atoms with Gasteiger partial charge in [0.2, 0.25) is 0 Å². The van der Waals surface area contributed by atoms with Gasteiger partial charge >= 0.3 is 6.18 Å². The molecule has 0 spiro atoms. The van der Waals surface area contributed by atoms with E-state index in [0.717, 1.165) is 32.9 Å². The van der Waals surface area contributed by atoms with Crippen molar-refractivity contribution in [3.8, 4) is 11.5 Å². The highest BCUT2D eigenvalue weighted by atomic mass is 32.1. The molecule has 1 heterocycles. The van der Waals surface area contributed by atoms with Gasteiger partial charge < -0.3 is 10.5 Å². The minimum atomic E-state index is -4.36. The number of rotatable bonds is 3. The van der Waals surface area contributed by atoms with Crippen LogP contribution in [0.15, 0.2) is 36.4 Å². The molecule has 2 N–H and O–H groups in total. The van der Waals surface area contributed by atoms with E-state index in [1.54, 1.807) is 6.07 Å². The molecule has 7 heteroatoms. The maximum Gasteiger partial charge on any atom is 0.416 e. The summed E-state index contributed by atoms with van der Waals surface area (Å²) in [6, 6.07) is 8.19. The molecule has 0 radical (unpaired) electrons. The van der Waals surface area contributed by atoms with Crippen molar-refractivity contribution in [3.63, 3.8) is 0 Å². The van der Waals surface area contributed by atoms with E-state index < -0.39 is 11.7 Å². The Morgan fingerprint density at radius 1 is 1.13 bits per heavy atom. The zero-order valence-electron chi connectivity index (χ0n) is 12.1. The summed E-state index contributed by atoms with van der Waals surface area (Å²) < 4.78 is 44.3. The highest BCUT2D eigenvalue weighted by Crippen LogP contribution is 2.37. The van der Waals surface area contributed by atoms with Crippen molar-refractivity contribution in [3.05, 3.63) is 52.5 Å². The number of fused-ring (bicyclic) bond motifs is 1. The molecule has 0 amide bonds. The lowest BCUT2D eigenvalue weighted by Gasteiger charge is -2.10. The van der Waals surface area contributed by atoms with Crippen molar-refractivity contribution in [2.45, 2.75) is 19.6 Å². The van der Waals surface area contributed by atoms with Gasteiger partial charge in [-0.15, -0.1) is 11.3 Å². The number of benzene rings is 2. The van der Waals surface area contributed by atoms with E-state index in [-0.39, 0.29) is 0 Å². The van der Waals surface area contributed by atoms with Gasteiger partial charge in [-0.2, -0.15) is 13.2 Å². The summed E-state index contributed by atoms with van der Waals surface area (Å²) in [6.07, 6.45) is -4.36. The molecule has 0 aliphatic carbocycles. The average Bonchev–Trinajstić information content (AvgIpc) is 2.89. The molecular formula is C16H13F3N2OS. The van der Waals surface area contributed by atoms with E-state index in [1.165, 1.54) is 23.5 Å². The number of aromatic nitrogens is 1. The van der Waals surface area contributed by atoms with Gasteiger partial charge in [0.15, 0.2) is 0 Å². The largest absolute Gasteiger partial charge is 0.456 e. The van der Waals surface area contributed by atoms with E-state index in [1.807, 2.05) is 13.0 Å². The lowest BCUT2D eigenvalue weighted by molar-refractivity contribution is -0.137. The summed E-state index contributed by atoms with van der Waals surface area (Å²) >= 11 is 1.46. The standard InChI is InChI=1S/C16H13F3N2OS/c1-9-21-14-10(8-20)2-7-13(15(14)23-9)22-12-5-3-11(4-6-12)16(17,18)19/h2-7H,8,20H2,1H3. The summed E-state index contributed by atoms with van der Waals surface area (Å²) in [6.45, 7) is 2.24. The summed E-state index contributed by atoms with van der Waals surface area (Å²) in [7, 11) is 0. The Labute approximate surface area is 134 Å². The van der Waals surface area contributed by atoms with Crippen LogP contribution in [0.5, 0.6) is 11.5 Å². The number of ether oxygens (including phenoxy) is 1. The quantitative estimate of drug-likeness (QED) is 0.741. The zero-order chi connectivity index (χ0) is 16.6. The predicted molar refractivity (Wildman–Crippen MR) is 83.8 cm³/mol. The second-order valence-electron chi connectivity index (χ2n) is 4.96. The Hall–Kier alpha value is -2.12. The first kappa shape index (κ1) is 15.8. The minimum Gasteiger partial charge on any atom is -0.456 e. The van der Waals surface area contributed by atoms with Crippen molar-refractivity contribution in [2.24, 2.45) is 5.73 Å². The van der Waals surface area contributed by atoms with Crippen LogP contribution in [0.1, 0.15) is 16.1 Å². The first-order chi connectivity index (χ1) is 10.9. The predicted octanol–water partition coefficient (Wildman–Crippen LogP) is 4.87. The fourth-order valence-electron chi connectivity index (χ4n) is 2.23. The maximum absolute atomic E-state index is 12.6. The van der Waals surface area contributed by atoms with E-state index in [4.69, 9.17) is 10.5 Å². The van der Waals surface area contributed by atoms with Crippen LogP contribution in [0.25, 0.3) is 10.2 Å². The van der Waals surface area contributed by atoms with Gasteiger partial charge in [-0.3, -0.25) is 0 Å². The summed E-state index contributed by atoms with van der Waals surface area (Å²) in [5.41, 5.74) is 6.68.